The largest absolute Gasteiger partial charge is 0.478 e. The van der Waals surface area contributed by atoms with Gasteiger partial charge in [0.15, 0.2) is 0 Å². The van der Waals surface area contributed by atoms with Gasteiger partial charge < -0.3 is 10.2 Å². The lowest BCUT2D eigenvalue weighted by atomic mass is 9.98. The molecule has 2 aromatic carbocycles. The van der Waals surface area contributed by atoms with Crippen LogP contribution in [0.1, 0.15) is 22.8 Å². The van der Waals surface area contributed by atoms with Crippen LogP contribution in [0.4, 0.5) is 4.39 Å². The molecule has 0 fully saturated rings. The van der Waals surface area contributed by atoms with E-state index < -0.39 is 17.8 Å². The standard InChI is InChI=1S/C17H13FO4/c1-10(7-16(19)20)11-5-6-15(18)14(9-11)12-3-2-4-13(8-12)17(21)22/h2-9H,1H3,(H,19,20)(H,21,22)/b10-7+. The molecule has 0 aliphatic rings. The first kappa shape index (κ1) is 15.4. The van der Waals surface area contributed by atoms with Gasteiger partial charge >= 0.3 is 11.9 Å². The van der Waals surface area contributed by atoms with Crippen LogP contribution in [0.15, 0.2) is 48.5 Å². The molecule has 2 rings (SSSR count). The van der Waals surface area contributed by atoms with Gasteiger partial charge in [0.2, 0.25) is 0 Å². The molecule has 22 heavy (non-hydrogen) atoms. The minimum atomic E-state index is -1.10. The Morgan fingerprint density at radius 1 is 1.05 bits per heavy atom. The van der Waals surface area contributed by atoms with Crippen molar-refractivity contribution in [1.82, 2.24) is 0 Å². The monoisotopic (exact) mass is 300 g/mol. The average Bonchev–Trinajstić information content (AvgIpc) is 2.47. The van der Waals surface area contributed by atoms with Gasteiger partial charge in [0.25, 0.3) is 0 Å². The van der Waals surface area contributed by atoms with Crippen LogP contribution in [0.2, 0.25) is 0 Å². The van der Waals surface area contributed by atoms with E-state index in [4.69, 9.17) is 10.2 Å². The molecule has 4 nitrogen and oxygen atoms in total. The normalized spacial score (nSPS) is 11.3. The molecule has 0 aromatic heterocycles. The highest BCUT2D eigenvalue weighted by molar-refractivity contribution is 5.91. The molecule has 0 heterocycles. The van der Waals surface area contributed by atoms with Crippen LogP contribution in [-0.4, -0.2) is 22.2 Å². The Labute approximate surface area is 126 Å². The lowest BCUT2D eigenvalue weighted by Crippen LogP contribution is -1.97. The maximum absolute atomic E-state index is 14.0. The molecule has 0 saturated carbocycles. The van der Waals surface area contributed by atoms with Crippen LogP contribution >= 0.6 is 0 Å². The number of rotatable bonds is 4. The Morgan fingerprint density at radius 2 is 1.77 bits per heavy atom. The van der Waals surface area contributed by atoms with E-state index in [1.54, 1.807) is 13.0 Å². The second-order valence-corrected chi connectivity index (χ2v) is 4.75. The summed E-state index contributed by atoms with van der Waals surface area (Å²) in [5.41, 5.74) is 1.73. The summed E-state index contributed by atoms with van der Waals surface area (Å²) in [6.45, 7) is 1.61. The van der Waals surface area contributed by atoms with Crippen LogP contribution in [0.3, 0.4) is 0 Å². The van der Waals surface area contributed by atoms with E-state index in [0.29, 0.717) is 16.7 Å². The van der Waals surface area contributed by atoms with Crippen LogP contribution in [0.25, 0.3) is 16.7 Å². The quantitative estimate of drug-likeness (QED) is 0.845. The molecular formula is C17H13FO4. The highest BCUT2D eigenvalue weighted by atomic mass is 19.1. The topological polar surface area (TPSA) is 74.6 Å². The molecule has 0 aliphatic heterocycles. The average molecular weight is 300 g/mol. The summed E-state index contributed by atoms with van der Waals surface area (Å²) >= 11 is 0. The lowest BCUT2D eigenvalue weighted by Gasteiger charge is -2.08. The third-order valence-corrected chi connectivity index (χ3v) is 3.18. The van der Waals surface area contributed by atoms with E-state index in [2.05, 4.69) is 0 Å². The summed E-state index contributed by atoms with van der Waals surface area (Å²) in [7, 11) is 0. The molecule has 0 atom stereocenters. The SMILES string of the molecule is C/C(=C\C(=O)O)c1ccc(F)c(-c2cccc(C(=O)O)c2)c1. The van der Waals surface area contributed by atoms with Gasteiger partial charge in [-0.25, -0.2) is 14.0 Å². The third kappa shape index (κ3) is 3.38. The second kappa shape index (κ2) is 6.22. The summed E-state index contributed by atoms with van der Waals surface area (Å²) in [5.74, 6) is -2.69. The van der Waals surface area contributed by atoms with E-state index in [1.807, 2.05) is 0 Å². The zero-order valence-electron chi connectivity index (χ0n) is 11.7. The van der Waals surface area contributed by atoms with Crippen molar-refractivity contribution in [3.05, 3.63) is 65.5 Å². The number of halogens is 1. The van der Waals surface area contributed by atoms with Gasteiger partial charge in [-0.15, -0.1) is 0 Å². The van der Waals surface area contributed by atoms with Gasteiger partial charge in [-0.05, 0) is 47.9 Å². The predicted octanol–water partition coefficient (Wildman–Crippen LogP) is 3.68. The number of hydrogen-bond donors (Lipinski definition) is 2. The van der Waals surface area contributed by atoms with Crippen molar-refractivity contribution >= 4 is 17.5 Å². The minimum Gasteiger partial charge on any atom is -0.478 e. The second-order valence-electron chi connectivity index (χ2n) is 4.75. The first-order valence-electron chi connectivity index (χ1n) is 6.43. The van der Waals surface area contributed by atoms with E-state index in [1.165, 1.54) is 36.4 Å². The molecule has 0 unspecified atom stereocenters. The Balaban J connectivity index is 2.54. The minimum absolute atomic E-state index is 0.0557. The van der Waals surface area contributed by atoms with Crippen molar-refractivity contribution in [1.29, 1.82) is 0 Å². The van der Waals surface area contributed by atoms with E-state index >= 15 is 0 Å². The van der Waals surface area contributed by atoms with Crippen LogP contribution in [-0.2, 0) is 4.79 Å². The van der Waals surface area contributed by atoms with Gasteiger partial charge in [-0.3, -0.25) is 0 Å². The highest BCUT2D eigenvalue weighted by Gasteiger charge is 2.10. The molecule has 112 valence electrons. The molecule has 0 aliphatic carbocycles. The Hall–Kier alpha value is -2.95. The van der Waals surface area contributed by atoms with Crippen molar-refractivity contribution in [3.63, 3.8) is 0 Å². The molecule has 0 spiro atoms. The summed E-state index contributed by atoms with van der Waals surface area (Å²) in [6.07, 6.45) is 1.03. The van der Waals surface area contributed by atoms with Crippen LogP contribution < -0.4 is 0 Å². The van der Waals surface area contributed by atoms with Gasteiger partial charge in [0.05, 0.1) is 5.56 Å². The van der Waals surface area contributed by atoms with Crippen LogP contribution in [0, 0.1) is 5.82 Å². The van der Waals surface area contributed by atoms with E-state index in [9.17, 15) is 14.0 Å². The first-order valence-corrected chi connectivity index (χ1v) is 6.43. The molecule has 0 amide bonds. The first-order chi connectivity index (χ1) is 10.4. The maximum atomic E-state index is 14.0. The number of aliphatic carboxylic acids is 1. The number of allylic oxidation sites excluding steroid dienone is 1. The summed E-state index contributed by atoms with van der Waals surface area (Å²) in [4.78, 5) is 21.7. The van der Waals surface area contributed by atoms with Crippen molar-refractivity contribution in [3.8, 4) is 11.1 Å². The molecular weight excluding hydrogens is 287 g/mol. The number of carbonyl (C=O) groups is 2. The number of carboxylic acids is 2. The maximum Gasteiger partial charge on any atom is 0.335 e. The fraction of sp³-hybridized carbons (Fsp3) is 0.0588. The molecule has 0 radical (unpaired) electrons. The molecule has 0 saturated heterocycles. The van der Waals surface area contributed by atoms with Crippen molar-refractivity contribution in [2.75, 3.05) is 0 Å². The Kier molecular flexibility index (Phi) is 4.36. The Morgan fingerprint density at radius 3 is 2.41 bits per heavy atom. The van der Waals surface area contributed by atoms with Crippen molar-refractivity contribution < 1.29 is 24.2 Å². The van der Waals surface area contributed by atoms with Gasteiger partial charge in [0.1, 0.15) is 5.82 Å². The summed E-state index contributed by atoms with van der Waals surface area (Å²) in [6, 6.07) is 10.1. The zero-order valence-corrected chi connectivity index (χ0v) is 11.7. The lowest BCUT2D eigenvalue weighted by molar-refractivity contribution is -0.131. The van der Waals surface area contributed by atoms with Gasteiger partial charge in [0, 0.05) is 11.6 Å². The summed E-state index contributed by atoms with van der Waals surface area (Å²) < 4.78 is 14.0. The Bertz CT molecular complexity index is 778. The van der Waals surface area contributed by atoms with Crippen molar-refractivity contribution in [2.24, 2.45) is 0 Å². The molecule has 0 bridgehead atoms. The highest BCUT2D eigenvalue weighted by Crippen LogP contribution is 2.27. The number of hydrogen-bond acceptors (Lipinski definition) is 2. The zero-order chi connectivity index (χ0) is 16.3. The van der Waals surface area contributed by atoms with Gasteiger partial charge in [-0.1, -0.05) is 18.2 Å². The molecule has 2 N–H and O–H groups in total. The fourth-order valence-corrected chi connectivity index (χ4v) is 2.08. The summed E-state index contributed by atoms with van der Waals surface area (Å²) in [5, 5.41) is 17.8. The number of benzene rings is 2. The van der Waals surface area contributed by atoms with E-state index in [-0.39, 0.29) is 11.1 Å². The van der Waals surface area contributed by atoms with Crippen molar-refractivity contribution in [2.45, 2.75) is 6.92 Å². The van der Waals surface area contributed by atoms with Gasteiger partial charge in [-0.2, -0.15) is 0 Å². The van der Waals surface area contributed by atoms with Crippen LogP contribution in [0.5, 0.6) is 0 Å². The molecule has 2 aromatic rings. The van der Waals surface area contributed by atoms with E-state index in [0.717, 1.165) is 6.08 Å². The predicted molar refractivity (Wildman–Crippen MR) is 80.1 cm³/mol. The number of carboxylic acid groups (broad SMARTS) is 2. The number of aromatic carboxylic acids is 1. The third-order valence-electron chi connectivity index (χ3n) is 3.18. The molecule has 5 heteroatoms. The fourth-order valence-electron chi connectivity index (χ4n) is 2.08. The smallest absolute Gasteiger partial charge is 0.335 e.